The van der Waals surface area contributed by atoms with Crippen LogP contribution in [0.1, 0.15) is 37.7 Å². The lowest BCUT2D eigenvalue weighted by molar-refractivity contribution is -0.130. The molecular formula is C15H23ClN2O. The molecule has 0 unspecified atom stereocenters. The van der Waals surface area contributed by atoms with Gasteiger partial charge >= 0.3 is 0 Å². The highest BCUT2D eigenvalue weighted by molar-refractivity contribution is 6.31. The molecule has 1 aromatic rings. The van der Waals surface area contributed by atoms with Gasteiger partial charge in [0.1, 0.15) is 0 Å². The summed E-state index contributed by atoms with van der Waals surface area (Å²) in [6.45, 7) is 1.31. The van der Waals surface area contributed by atoms with Crippen molar-refractivity contribution in [2.24, 2.45) is 5.73 Å². The van der Waals surface area contributed by atoms with Gasteiger partial charge in [-0.05, 0) is 31.0 Å². The molecule has 106 valence electrons. The fourth-order valence-electron chi connectivity index (χ4n) is 1.94. The number of unbranched alkanes of at least 4 members (excludes halogenated alkanes) is 3. The Morgan fingerprint density at radius 3 is 2.58 bits per heavy atom. The predicted molar refractivity (Wildman–Crippen MR) is 80.1 cm³/mol. The van der Waals surface area contributed by atoms with Crippen molar-refractivity contribution < 1.29 is 4.79 Å². The lowest BCUT2D eigenvalue weighted by atomic mass is 10.1. The number of benzene rings is 1. The smallest absolute Gasteiger partial charge is 0.222 e. The molecule has 1 aromatic carbocycles. The summed E-state index contributed by atoms with van der Waals surface area (Å²) in [4.78, 5) is 13.7. The number of halogens is 1. The first-order valence-corrected chi connectivity index (χ1v) is 7.20. The van der Waals surface area contributed by atoms with E-state index in [4.69, 9.17) is 17.3 Å². The average Bonchev–Trinajstić information content (AvgIpc) is 2.41. The number of hydrogen-bond acceptors (Lipinski definition) is 2. The van der Waals surface area contributed by atoms with Crippen LogP contribution in [0.2, 0.25) is 5.02 Å². The van der Waals surface area contributed by atoms with Gasteiger partial charge in [0, 0.05) is 25.0 Å². The maximum atomic E-state index is 11.9. The molecule has 0 aliphatic rings. The van der Waals surface area contributed by atoms with Crippen LogP contribution in [-0.2, 0) is 11.3 Å². The van der Waals surface area contributed by atoms with E-state index in [0.717, 1.165) is 37.8 Å². The van der Waals surface area contributed by atoms with Crippen LogP contribution in [0.3, 0.4) is 0 Å². The molecule has 4 heteroatoms. The molecule has 0 spiro atoms. The molecular weight excluding hydrogens is 260 g/mol. The first-order chi connectivity index (χ1) is 9.15. The van der Waals surface area contributed by atoms with Crippen molar-refractivity contribution in [1.29, 1.82) is 0 Å². The molecule has 0 fully saturated rings. The second kappa shape index (κ2) is 8.94. The lowest BCUT2D eigenvalue weighted by Crippen LogP contribution is -2.25. The van der Waals surface area contributed by atoms with Crippen LogP contribution in [0.4, 0.5) is 0 Å². The number of nitrogens with zero attached hydrogens (tertiary/aromatic N) is 1. The molecule has 1 amide bonds. The number of amides is 1. The maximum absolute atomic E-state index is 11.9. The van der Waals surface area contributed by atoms with Crippen molar-refractivity contribution in [1.82, 2.24) is 4.90 Å². The van der Waals surface area contributed by atoms with Crippen LogP contribution in [0.5, 0.6) is 0 Å². The molecule has 0 heterocycles. The number of carbonyl (C=O) groups excluding carboxylic acids is 1. The number of rotatable bonds is 8. The SMILES string of the molecule is CN(Cc1ccccc1Cl)C(=O)CCCCCCN. The molecule has 0 aliphatic heterocycles. The van der Waals surface area contributed by atoms with Gasteiger partial charge < -0.3 is 10.6 Å². The molecule has 0 saturated heterocycles. The highest BCUT2D eigenvalue weighted by atomic mass is 35.5. The third-order valence-corrected chi connectivity index (χ3v) is 3.50. The molecule has 0 atom stereocenters. The topological polar surface area (TPSA) is 46.3 Å². The molecule has 0 aliphatic carbocycles. The van der Waals surface area contributed by atoms with Crippen LogP contribution in [0.15, 0.2) is 24.3 Å². The van der Waals surface area contributed by atoms with E-state index in [9.17, 15) is 4.79 Å². The summed E-state index contributed by atoms with van der Waals surface area (Å²) in [5.74, 6) is 0.174. The minimum atomic E-state index is 0.174. The summed E-state index contributed by atoms with van der Waals surface area (Å²) >= 11 is 6.08. The molecule has 3 nitrogen and oxygen atoms in total. The van der Waals surface area contributed by atoms with Crippen LogP contribution >= 0.6 is 11.6 Å². The second-order valence-electron chi connectivity index (χ2n) is 4.79. The van der Waals surface area contributed by atoms with Crippen LogP contribution < -0.4 is 5.73 Å². The largest absolute Gasteiger partial charge is 0.341 e. The van der Waals surface area contributed by atoms with E-state index in [1.807, 2.05) is 31.3 Å². The van der Waals surface area contributed by atoms with Gasteiger partial charge in [-0.15, -0.1) is 0 Å². The normalized spacial score (nSPS) is 10.5. The summed E-state index contributed by atoms with van der Waals surface area (Å²) in [5, 5.41) is 0.713. The standard InChI is InChI=1S/C15H23ClN2O/c1-18(12-13-8-5-6-9-14(13)16)15(19)10-4-2-3-7-11-17/h5-6,8-9H,2-4,7,10-12,17H2,1H3. The van der Waals surface area contributed by atoms with E-state index in [2.05, 4.69) is 0 Å². The molecule has 0 aromatic heterocycles. The Labute approximate surface area is 120 Å². The predicted octanol–water partition coefficient (Wildman–Crippen LogP) is 3.21. The average molecular weight is 283 g/mol. The summed E-state index contributed by atoms with van der Waals surface area (Å²) < 4.78 is 0. The van der Waals surface area contributed by atoms with Gasteiger partial charge in [-0.2, -0.15) is 0 Å². The Hall–Kier alpha value is -1.06. The van der Waals surface area contributed by atoms with Crippen LogP contribution in [0.25, 0.3) is 0 Å². The molecule has 1 rings (SSSR count). The quantitative estimate of drug-likeness (QED) is 0.744. The van der Waals surface area contributed by atoms with Gasteiger partial charge in [-0.25, -0.2) is 0 Å². The van der Waals surface area contributed by atoms with Gasteiger partial charge in [0.25, 0.3) is 0 Å². The van der Waals surface area contributed by atoms with Gasteiger partial charge in [0.05, 0.1) is 0 Å². The van der Waals surface area contributed by atoms with E-state index in [1.54, 1.807) is 4.90 Å². The Bertz CT molecular complexity index is 395. The zero-order chi connectivity index (χ0) is 14.1. The Kier molecular flexibility index (Phi) is 7.53. The highest BCUT2D eigenvalue weighted by Gasteiger charge is 2.10. The molecule has 19 heavy (non-hydrogen) atoms. The Balaban J connectivity index is 2.31. The van der Waals surface area contributed by atoms with E-state index in [-0.39, 0.29) is 5.91 Å². The van der Waals surface area contributed by atoms with E-state index < -0.39 is 0 Å². The molecule has 0 radical (unpaired) electrons. The van der Waals surface area contributed by atoms with Crippen molar-refractivity contribution in [3.05, 3.63) is 34.9 Å². The van der Waals surface area contributed by atoms with Crippen molar-refractivity contribution in [2.45, 2.75) is 38.6 Å². The summed E-state index contributed by atoms with van der Waals surface area (Å²) in [6, 6.07) is 7.63. The fraction of sp³-hybridized carbons (Fsp3) is 0.533. The fourth-order valence-corrected chi connectivity index (χ4v) is 2.13. The molecule has 0 bridgehead atoms. The number of carbonyl (C=O) groups is 1. The first-order valence-electron chi connectivity index (χ1n) is 6.82. The Morgan fingerprint density at radius 2 is 1.89 bits per heavy atom. The monoisotopic (exact) mass is 282 g/mol. The zero-order valence-corrected chi connectivity index (χ0v) is 12.3. The highest BCUT2D eigenvalue weighted by Crippen LogP contribution is 2.17. The molecule has 2 N–H and O–H groups in total. The third-order valence-electron chi connectivity index (χ3n) is 3.14. The minimum absolute atomic E-state index is 0.174. The lowest BCUT2D eigenvalue weighted by Gasteiger charge is -2.18. The van der Waals surface area contributed by atoms with E-state index in [0.29, 0.717) is 18.0 Å². The van der Waals surface area contributed by atoms with Crippen LogP contribution in [0, 0.1) is 0 Å². The maximum Gasteiger partial charge on any atom is 0.222 e. The van der Waals surface area contributed by atoms with Crippen LogP contribution in [-0.4, -0.2) is 24.4 Å². The van der Waals surface area contributed by atoms with Gasteiger partial charge in [-0.1, -0.05) is 42.6 Å². The van der Waals surface area contributed by atoms with Crippen molar-refractivity contribution in [3.8, 4) is 0 Å². The summed E-state index contributed by atoms with van der Waals surface area (Å²) in [5.41, 5.74) is 6.42. The number of nitrogens with two attached hydrogens (primary N) is 1. The Morgan fingerprint density at radius 1 is 1.21 bits per heavy atom. The van der Waals surface area contributed by atoms with Crippen molar-refractivity contribution >= 4 is 17.5 Å². The minimum Gasteiger partial charge on any atom is -0.341 e. The van der Waals surface area contributed by atoms with E-state index >= 15 is 0 Å². The van der Waals surface area contributed by atoms with Gasteiger partial charge in [0.2, 0.25) is 5.91 Å². The van der Waals surface area contributed by atoms with Crippen molar-refractivity contribution in [2.75, 3.05) is 13.6 Å². The number of hydrogen-bond donors (Lipinski definition) is 1. The summed E-state index contributed by atoms with van der Waals surface area (Å²) in [7, 11) is 1.82. The third kappa shape index (κ3) is 6.08. The first kappa shape index (κ1) is 16.0. The van der Waals surface area contributed by atoms with Crippen molar-refractivity contribution in [3.63, 3.8) is 0 Å². The summed E-state index contributed by atoms with van der Waals surface area (Å²) in [6.07, 6.45) is 4.77. The zero-order valence-electron chi connectivity index (χ0n) is 11.6. The second-order valence-corrected chi connectivity index (χ2v) is 5.20. The molecule has 0 saturated carbocycles. The van der Waals surface area contributed by atoms with Gasteiger partial charge in [-0.3, -0.25) is 4.79 Å². The van der Waals surface area contributed by atoms with Gasteiger partial charge in [0.15, 0.2) is 0 Å². The van der Waals surface area contributed by atoms with E-state index in [1.165, 1.54) is 0 Å².